The molecule has 0 N–H and O–H groups in total. The van der Waals surface area contributed by atoms with Crippen LogP contribution in [0.5, 0.6) is 0 Å². The third-order valence-corrected chi connectivity index (χ3v) is 4.94. The van der Waals surface area contributed by atoms with Crippen molar-refractivity contribution in [2.75, 3.05) is 0 Å². The zero-order chi connectivity index (χ0) is 17.7. The number of furan rings is 2. The molecule has 8 heteroatoms. The van der Waals surface area contributed by atoms with Gasteiger partial charge in [-0.15, -0.1) is 10.2 Å². The summed E-state index contributed by atoms with van der Waals surface area (Å²) in [7, 11) is 0. The Kier molecular flexibility index (Phi) is 3.26. The summed E-state index contributed by atoms with van der Waals surface area (Å²) < 4.78 is 26.0. The molecular weight excluding hydrogens is 355 g/mol. The number of aryl methyl sites for hydroxylation is 1. The van der Waals surface area contributed by atoms with Crippen molar-refractivity contribution in [3.63, 3.8) is 0 Å². The fourth-order valence-corrected chi connectivity index (χ4v) is 3.64. The molecule has 0 saturated carbocycles. The van der Waals surface area contributed by atoms with Crippen LogP contribution in [-0.2, 0) is 0 Å². The third kappa shape index (κ3) is 2.34. The van der Waals surface area contributed by atoms with E-state index in [1.165, 1.54) is 23.5 Å². The number of hydrogen-bond acceptors (Lipinski definition) is 6. The van der Waals surface area contributed by atoms with Crippen molar-refractivity contribution in [3.8, 4) is 33.5 Å². The van der Waals surface area contributed by atoms with E-state index < -0.39 is 0 Å². The first kappa shape index (κ1) is 15.0. The lowest BCUT2D eigenvalue weighted by atomic mass is 10.1. The monoisotopic (exact) mass is 366 g/mol. The van der Waals surface area contributed by atoms with Gasteiger partial charge in [0.1, 0.15) is 17.3 Å². The fourth-order valence-electron chi connectivity index (χ4n) is 2.74. The summed E-state index contributed by atoms with van der Waals surface area (Å²) in [6.45, 7) is 1.87. The number of hydrogen-bond donors (Lipinski definition) is 0. The maximum atomic E-state index is 13.1. The lowest BCUT2D eigenvalue weighted by molar-refractivity contribution is 0.549. The second-order valence-corrected chi connectivity index (χ2v) is 6.65. The highest BCUT2D eigenvalue weighted by Crippen LogP contribution is 2.35. The van der Waals surface area contributed by atoms with Crippen molar-refractivity contribution < 1.29 is 13.2 Å². The molecule has 4 aromatic heterocycles. The summed E-state index contributed by atoms with van der Waals surface area (Å²) in [5.41, 5.74) is 1.67. The van der Waals surface area contributed by atoms with Crippen LogP contribution in [0.25, 0.3) is 38.4 Å². The maximum Gasteiger partial charge on any atom is 0.235 e. The molecule has 128 valence electrons. The van der Waals surface area contributed by atoms with Gasteiger partial charge in [-0.25, -0.2) is 4.39 Å². The lowest BCUT2D eigenvalue weighted by Crippen LogP contribution is -1.89. The van der Waals surface area contributed by atoms with Crippen LogP contribution in [0.15, 0.2) is 57.6 Å². The van der Waals surface area contributed by atoms with E-state index in [1.807, 2.05) is 19.1 Å². The summed E-state index contributed by atoms with van der Waals surface area (Å²) >= 11 is 1.41. The molecule has 0 bridgehead atoms. The van der Waals surface area contributed by atoms with Crippen LogP contribution in [0, 0.1) is 12.7 Å². The smallest absolute Gasteiger partial charge is 0.235 e. The van der Waals surface area contributed by atoms with Gasteiger partial charge in [-0.05, 0) is 49.4 Å². The molecule has 0 aliphatic heterocycles. The van der Waals surface area contributed by atoms with Crippen molar-refractivity contribution in [1.82, 2.24) is 19.8 Å². The van der Waals surface area contributed by atoms with Crippen LogP contribution >= 0.6 is 11.3 Å². The van der Waals surface area contributed by atoms with E-state index in [4.69, 9.17) is 8.83 Å². The number of nitrogens with zero attached hydrogens (tertiary/aromatic N) is 4. The maximum absolute atomic E-state index is 13.1. The zero-order valence-electron chi connectivity index (χ0n) is 13.5. The second-order valence-electron chi connectivity index (χ2n) is 5.69. The summed E-state index contributed by atoms with van der Waals surface area (Å²) in [6, 6.07) is 11.7. The highest BCUT2D eigenvalue weighted by Gasteiger charge is 2.19. The van der Waals surface area contributed by atoms with E-state index in [0.29, 0.717) is 22.3 Å². The van der Waals surface area contributed by atoms with Gasteiger partial charge in [0.2, 0.25) is 10.8 Å². The summed E-state index contributed by atoms with van der Waals surface area (Å²) in [6.07, 6.45) is 1.58. The molecule has 0 aliphatic carbocycles. The van der Waals surface area contributed by atoms with Crippen molar-refractivity contribution in [3.05, 3.63) is 60.3 Å². The Labute approximate surface area is 150 Å². The van der Waals surface area contributed by atoms with Gasteiger partial charge in [0.05, 0.1) is 11.8 Å². The molecule has 26 heavy (non-hydrogen) atoms. The van der Waals surface area contributed by atoms with E-state index in [-0.39, 0.29) is 5.82 Å². The van der Waals surface area contributed by atoms with E-state index in [9.17, 15) is 4.39 Å². The second kappa shape index (κ2) is 5.63. The largest absolute Gasteiger partial charge is 0.461 e. The Morgan fingerprint density at radius 1 is 1.08 bits per heavy atom. The molecule has 5 rings (SSSR count). The van der Waals surface area contributed by atoms with E-state index in [1.54, 1.807) is 29.0 Å². The molecule has 4 heterocycles. The predicted molar refractivity (Wildman–Crippen MR) is 94.2 cm³/mol. The standard InChI is InChI=1S/C18H11FN4O2S/c1-10-13(9-15(25-10)11-4-6-12(19)7-5-11)17-22-23-16(14-3-2-8-24-14)20-21-18(23)26-17/h2-9H,1H3. The quantitative estimate of drug-likeness (QED) is 0.458. The predicted octanol–water partition coefficient (Wildman–Crippen LogP) is 4.82. The van der Waals surface area contributed by atoms with E-state index in [0.717, 1.165) is 21.9 Å². The molecule has 5 aromatic rings. The third-order valence-electron chi connectivity index (χ3n) is 4.01. The van der Waals surface area contributed by atoms with Crippen molar-refractivity contribution >= 4 is 16.3 Å². The lowest BCUT2D eigenvalue weighted by Gasteiger charge is -1.95. The number of halogens is 1. The van der Waals surface area contributed by atoms with Gasteiger partial charge in [0.25, 0.3) is 0 Å². The Morgan fingerprint density at radius 3 is 2.69 bits per heavy atom. The van der Waals surface area contributed by atoms with Crippen LogP contribution in [0.1, 0.15) is 5.76 Å². The molecular formula is C18H11FN4O2S. The number of rotatable bonds is 3. The van der Waals surface area contributed by atoms with Crippen LogP contribution in [0.4, 0.5) is 4.39 Å². The first-order valence-electron chi connectivity index (χ1n) is 7.82. The molecule has 0 aliphatic rings. The van der Waals surface area contributed by atoms with E-state index in [2.05, 4.69) is 15.3 Å². The summed E-state index contributed by atoms with van der Waals surface area (Å²) in [5.74, 6) is 2.26. The molecule has 6 nitrogen and oxygen atoms in total. The van der Waals surface area contributed by atoms with Crippen molar-refractivity contribution in [2.24, 2.45) is 0 Å². The minimum absolute atomic E-state index is 0.281. The molecule has 0 fully saturated rings. The molecule has 1 aromatic carbocycles. The van der Waals surface area contributed by atoms with E-state index >= 15 is 0 Å². The average Bonchev–Trinajstić information content (AvgIpc) is 3.38. The van der Waals surface area contributed by atoms with Gasteiger partial charge in [0.15, 0.2) is 10.8 Å². The fraction of sp³-hybridized carbons (Fsp3) is 0.0556. The first-order valence-corrected chi connectivity index (χ1v) is 8.63. The van der Waals surface area contributed by atoms with Crippen molar-refractivity contribution in [2.45, 2.75) is 6.92 Å². The Balaban J connectivity index is 1.59. The number of aromatic nitrogens is 4. The van der Waals surface area contributed by atoms with Gasteiger partial charge < -0.3 is 8.83 Å². The highest BCUT2D eigenvalue weighted by atomic mass is 32.1. The molecule has 0 radical (unpaired) electrons. The Morgan fingerprint density at radius 2 is 1.92 bits per heavy atom. The van der Waals surface area contributed by atoms with Crippen LogP contribution in [0.3, 0.4) is 0 Å². The minimum Gasteiger partial charge on any atom is -0.461 e. The Bertz CT molecular complexity index is 1200. The van der Waals surface area contributed by atoms with Gasteiger partial charge in [0, 0.05) is 5.56 Å². The van der Waals surface area contributed by atoms with Crippen LogP contribution in [0.2, 0.25) is 0 Å². The molecule has 0 amide bonds. The van der Waals surface area contributed by atoms with Gasteiger partial charge >= 0.3 is 0 Å². The first-order chi connectivity index (χ1) is 12.7. The average molecular weight is 366 g/mol. The summed E-state index contributed by atoms with van der Waals surface area (Å²) in [5, 5.41) is 13.7. The zero-order valence-corrected chi connectivity index (χ0v) is 14.3. The molecule has 0 atom stereocenters. The van der Waals surface area contributed by atoms with Crippen LogP contribution in [-0.4, -0.2) is 19.8 Å². The molecule has 0 spiro atoms. The van der Waals surface area contributed by atoms with Crippen molar-refractivity contribution in [1.29, 1.82) is 0 Å². The summed E-state index contributed by atoms with van der Waals surface area (Å²) in [4.78, 5) is 0.662. The van der Waals surface area contributed by atoms with Gasteiger partial charge in [-0.1, -0.05) is 11.3 Å². The number of fused-ring (bicyclic) bond motifs is 1. The Hall–Kier alpha value is -3.26. The van der Waals surface area contributed by atoms with Gasteiger partial charge in [-0.2, -0.15) is 9.61 Å². The van der Waals surface area contributed by atoms with Gasteiger partial charge in [-0.3, -0.25) is 0 Å². The normalized spacial score (nSPS) is 11.5. The van der Waals surface area contributed by atoms with Crippen LogP contribution < -0.4 is 0 Å². The number of benzene rings is 1. The minimum atomic E-state index is -0.281. The highest BCUT2D eigenvalue weighted by molar-refractivity contribution is 7.19. The molecule has 0 unspecified atom stereocenters. The topological polar surface area (TPSA) is 69.4 Å². The SMILES string of the molecule is Cc1oc(-c2ccc(F)cc2)cc1-c1nn2c(-c3ccco3)nnc2s1. The molecule has 0 saturated heterocycles.